The summed E-state index contributed by atoms with van der Waals surface area (Å²) in [5, 5.41) is 13.1. The first kappa shape index (κ1) is 19.4. The van der Waals surface area contributed by atoms with Crippen LogP contribution in [0.4, 0.5) is 5.00 Å². The van der Waals surface area contributed by atoms with Gasteiger partial charge in [0.25, 0.3) is 0 Å². The number of nitrogens with zero attached hydrogens (tertiary/aromatic N) is 3. The van der Waals surface area contributed by atoms with Crippen molar-refractivity contribution in [2.45, 2.75) is 63.8 Å². The number of likely N-dealkylation sites (tertiary alicyclic amines) is 2. The molecule has 150 valence electrons. The normalized spacial score (nSPS) is 22.1. The standard InChI is InChI=1S/C21H28N4O2S/c22-14-16-15-6-5-8-18(15)28-20(16)23-19(26)9-13-24-10-2-1-7-17(24)21(27)25-11-3-4-12-25/h17H,1-13H2,(H,23,26). The van der Waals surface area contributed by atoms with Crippen LogP contribution in [-0.4, -0.2) is 53.8 Å². The van der Waals surface area contributed by atoms with Crippen molar-refractivity contribution in [1.82, 2.24) is 9.80 Å². The van der Waals surface area contributed by atoms with Crippen molar-refractivity contribution in [3.05, 3.63) is 16.0 Å². The minimum Gasteiger partial charge on any atom is -0.341 e. The van der Waals surface area contributed by atoms with E-state index in [4.69, 9.17) is 0 Å². The number of thiophene rings is 1. The van der Waals surface area contributed by atoms with Gasteiger partial charge < -0.3 is 10.2 Å². The molecule has 0 radical (unpaired) electrons. The van der Waals surface area contributed by atoms with Gasteiger partial charge in [0, 0.05) is 30.9 Å². The largest absolute Gasteiger partial charge is 0.341 e. The summed E-state index contributed by atoms with van der Waals surface area (Å²) in [6.45, 7) is 3.24. The predicted molar refractivity (Wildman–Crippen MR) is 109 cm³/mol. The topological polar surface area (TPSA) is 76.4 Å². The second-order valence-corrected chi connectivity index (χ2v) is 9.16. The van der Waals surface area contributed by atoms with E-state index < -0.39 is 0 Å². The maximum absolute atomic E-state index is 12.9. The maximum atomic E-state index is 12.9. The van der Waals surface area contributed by atoms with Crippen LogP contribution in [-0.2, 0) is 22.4 Å². The third-order valence-corrected chi connectivity index (χ3v) is 7.44. The Kier molecular flexibility index (Phi) is 5.98. The molecule has 1 aromatic rings. The second-order valence-electron chi connectivity index (χ2n) is 8.05. The minimum atomic E-state index is -0.0696. The van der Waals surface area contributed by atoms with Crippen LogP contribution in [0.2, 0.25) is 0 Å². The predicted octanol–water partition coefficient (Wildman–Crippen LogP) is 2.91. The fraction of sp³-hybridized carbons (Fsp3) is 0.667. The van der Waals surface area contributed by atoms with E-state index in [-0.39, 0.29) is 17.9 Å². The number of anilines is 1. The highest BCUT2D eigenvalue weighted by Crippen LogP contribution is 2.38. The van der Waals surface area contributed by atoms with E-state index in [0.29, 0.717) is 23.5 Å². The highest BCUT2D eigenvalue weighted by molar-refractivity contribution is 7.16. The number of piperidine rings is 1. The van der Waals surface area contributed by atoms with Gasteiger partial charge in [0.2, 0.25) is 11.8 Å². The van der Waals surface area contributed by atoms with Gasteiger partial charge in [-0.05, 0) is 57.1 Å². The van der Waals surface area contributed by atoms with E-state index in [2.05, 4.69) is 16.3 Å². The SMILES string of the molecule is N#Cc1c(NC(=O)CCN2CCCCC2C(=O)N2CCCC2)sc2c1CCC2. The molecule has 2 saturated heterocycles. The van der Waals surface area contributed by atoms with Crippen molar-refractivity contribution >= 4 is 28.2 Å². The highest BCUT2D eigenvalue weighted by atomic mass is 32.1. The molecule has 28 heavy (non-hydrogen) atoms. The van der Waals surface area contributed by atoms with Gasteiger partial charge in [-0.2, -0.15) is 5.26 Å². The quantitative estimate of drug-likeness (QED) is 0.824. The summed E-state index contributed by atoms with van der Waals surface area (Å²) in [5.74, 6) is 0.188. The fourth-order valence-corrected chi connectivity index (χ4v) is 5.99. The lowest BCUT2D eigenvalue weighted by Crippen LogP contribution is -2.50. The summed E-state index contributed by atoms with van der Waals surface area (Å²) < 4.78 is 0. The van der Waals surface area contributed by atoms with E-state index in [0.717, 1.165) is 76.6 Å². The Bertz CT molecular complexity index is 791. The molecule has 7 heteroatoms. The molecular weight excluding hydrogens is 372 g/mol. The van der Waals surface area contributed by atoms with Gasteiger partial charge in [0.05, 0.1) is 11.6 Å². The van der Waals surface area contributed by atoms with Crippen LogP contribution < -0.4 is 5.32 Å². The molecule has 0 saturated carbocycles. The molecule has 1 unspecified atom stereocenters. The summed E-state index contributed by atoms with van der Waals surface area (Å²) in [6, 6.07) is 2.21. The Morgan fingerprint density at radius 1 is 1.11 bits per heavy atom. The summed E-state index contributed by atoms with van der Waals surface area (Å²) in [6.07, 6.45) is 8.69. The van der Waals surface area contributed by atoms with Crippen LogP contribution in [0.1, 0.15) is 60.9 Å². The van der Waals surface area contributed by atoms with Gasteiger partial charge in [-0.1, -0.05) is 6.42 Å². The average Bonchev–Trinajstić information content (AvgIpc) is 3.43. The number of fused-ring (bicyclic) bond motifs is 1. The van der Waals surface area contributed by atoms with Crippen molar-refractivity contribution in [3.63, 3.8) is 0 Å². The number of carbonyl (C=O) groups is 2. The number of nitrogens with one attached hydrogen (secondary N) is 1. The van der Waals surface area contributed by atoms with E-state index in [1.807, 2.05) is 4.90 Å². The molecule has 1 aromatic heterocycles. The van der Waals surface area contributed by atoms with Crippen molar-refractivity contribution < 1.29 is 9.59 Å². The van der Waals surface area contributed by atoms with E-state index in [9.17, 15) is 14.9 Å². The summed E-state index contributed by atoms with van der Waals surface area (Å²) in [7, 11) is 0. The Morgan fingerprint density at radius 3 is 2.68 bits per heavy atom. The minimum absolute atomic E-state index is 0.0608. The lowest BCUT2D eigenvalue weighted by molar-refractivity contribution is -0.137. The molecule has 4 rings (SSSR count). The number of hydrogen-bond acceptors (Lipinski definition) is 5. The Hall–Kier alpha value is -1.91. The average molecular weight is 401 g/mol. The van der Waals surface area contributed by atoms with Crippen LogP contribution in [0, 0.1) is 11.3 Å². The number of hydrogen-bond donors (Lipinski definition) is 1. The van der Waals surface area contributed by atoms with Gasteiger partial charge in [-0.25, -0.2) is 0 Å². The number of rotatable bonds is 5. The van der Waals surface area contributed by atoms with E-state index in [1.165, 1.54) is 4.88 Å². The second kappa shape index (κ2) is 8.62. The lowest BCUT2D eigenvalue weighted by atomic mass is 10.0. The molecule has 0 bridgehead atoms. The van der Waals surface area contributed by atoms with Crippen molar-refractivity contribution in [2.24, 2.45) is 0 Å². The number of amides is 2. The Labute approximate surface area is 170 Å². The third kappa shape index (κ3) is 3.94. The number of carbonyl (C=O) groups excluding carboxylic acids is 2. The van der Waals surface area contributed by atoms with Gasteiger partial charge in [-0.3, -0.25) is 14.5 Å². The van der Waals surface area contributed by atoms with Gasteiger partial charge in [0.1, 0.15) is 11.1 Å². The zero-order chi connectivity index (χ0) is 19.5. The number of aryl methyl sites for hydroxylation is 1. The summed E-state index contributed by atoms with van der Waals surface area (Å²) >= 11 is 1.56. The smallest absolute Gasteiger partial charge is 0.239 e. The lowest BCUT2D eigenvalue weighted by Gasteiger charge is -2.36. The monoisotopic (exact) mass is 400 g/mol. The molecule has 0 spiro atoms. The van der Waals surface area contributed by atoms with Gasteiger partial charge >= 0.3 is 0 Å². The van der Waals surface area contributed by atoms with Gasteiger partial charge in [-0.15, -0.1) is 11.3 Å². The molecule has 2 amide bonds. The highest BCUT2D eigenvalue weighted by Gasteiger charge is 2.33. The molecule has 6 nitrogen and oxygen atoms in total. The zero-order valence-corrected chi connectivity index (χ0v) is 17.2. The molecule has 1 aliphatic carbocycles. The Morgan fingerprint density at radius 2 is 1.89 bits per heavy atom. The molecule has 1 atom stereocenters. The third-order valence-electron chi connectivity index (χ3n) is 6.23. The zero-order valence-electron chi connectivity index (χ0n) is 16.3. The molecule has 1 N–H and O–H groups in total. The van der Waals surface area contributed by atoms with Crippen LogP contribution >= 0.6 is 11.3 Å². The summed E-state index contributed by atoms with van der Waals surface area (Å²) in [4.78, 5) is 30.8. The fourth-order valence-electron chi connectivity index (χ4n) is 4.73. The molecular formula is C21H28N4O2S. The van der Waals surface area contributed by atoms with E-state index >= 15 is 0 Å². The van der Waals surface area contributed by atoms with Crippen molar-refractivity contribution in [3.8, 4) is 6.07 Å². The van der Waals surface area contributed by atoms with Crippen molar-refractivity contribution in [1.29, 1.82) is 5.26 Å². The molecule has 3 heterocycles. The number of nitriles is 1. The molecule has 2 aliphatic heterocycles. The first-order valence-electron chi connectivity index (χ1n) is 10.5. The Balaban J connectivity index is 1.34. The van der Waals surface area contributed by atoms with Crippen LogP contribution in [0.3, 0.4) is 0 Å². The maximum Gasteiger partial charge on any atom is 0.239 e. The van der Waals surface area contributed by atoms with Crippen LogP contribution in [0.5, 0.6) is 0 Å². The van der Waals surface area contributed by atoms with Gasteiger partial charge in [0.15, 0.2) is 0 Å². The van der Waals surface area contributed by atoms with Crippen molar-refractivity contribution in [2.75, 3.05) is 31.5 Å². The molecule has 0 aromatic carbocycles. The summed E-state index contributed by atoms with van der Waals surface area (Å²) in [5.41, 5.74) is 1.79. The molecule has 2 fully saturated rings. The van der Waals surface area contributed by atoms with Crippen LogP contribution in [0.25, 0.3) is 0 Å². The van der Waals surface area contributed by atoms with E-state index in [1.54, 1.807) is 11.3 Å². The first-order chi connectivity index (χ1) is 13.7. The molecule has 3 aliphatic rings. The van der Waals surface area contributed by atoms with Crippen LogP contribution in [0.15, 0.2) is 0 Å². The first-order valence-corrected chi connectivity index (χ1v) is 11.4.